The highest BCUT2D eigenvalue weighted by Crippen LogP contribution is 2.58. The van der Waals surface area contributed by atoms with Crippen molar-refractivity contribution in [2.45, 2.75) is 79.4 Å². The molecule has 0 aromatic rings. The zero-order valence-electron chi connectivity index (χ0n) is 30.0. The number of unbranched alkanes of at least 4 members (excludes halogenated alkanes) is 3. The van der Waals surface area contributed by atoms with E-state index in [1.807, 2.05) is 0 Å². The minimum atomic E-state index is -0.983. The van der Waals surface area contributed by atoms with Gasteiger partial charge in [0, 0.05) is 32.6 Å². The molecule has 2 unspecified atom stereocenters. The van der Waals surface area contributed by atoms with Crippen molar-refractivity contribution in [3.63, 3.8) is 0 Å². The molecule has 3 atom stereocenters. The second-order valence-corrected chi connectivity index (χ2v) is 17.9. The van der Waals surface area contributed by atoms with Crippen LogP contribution in [0, 0.1) is 11.8 Å². The molecule has 53 heavy (non-hydrogen) atoms. The van der Waals surface area contributed by atoms with Crippen LogP contribution in [0.2, 0.25) is 0 Å². The molecule has 8 amide bonds. The molecule has 0 radical (unpaired) electrons. The van der Waals surface area contributed by atoms with Crippen molar-refractivity contribution < 1.29 is 47.8 Å². The van der Waals surface area contributed by atoms with Gasteiger partial charge in [-0.25, -0.2) is 9.59 Å². The first-order valence-electron chi connectivity index (χ1n) is 17.3. The number of hydrogen-bond acceptors (Lipinski definition) is 14. The highest BCUT2D eigenvalue weighted by molar-refractivity contribution is 8.93. The summed E-state index contributed by atoms with van der Waals surface area (Å²) < 4.78 is 9.49. The normalized spacial score (nSPS) is 15.1. The van der Waals surface area contributed by atoms with E-state index in [0.29, 0.717) is 71.0 Å². The predicted molar refractivity (Wildman–Crippen MR) is 205 cm³/mol. The van der Waals surface area contributed by atoms with Gasteiger partial charge in [-0.1, -0.05) is 56.0 Å². The molecular weight excluding hydrogens is 773 g/mol. The fraction of sp³-hybridized carbons (Fsp3) is 0.742. The summed E-state index contributed by atoms with van der Waals surface area (Å²) in [5.74, 6) is -3.22. The van der Waals surface area contributed by atoms with Gasteiger partial charge < -0.3 is 52.4 Å². The quantitative estimate of drug-likeness (QED) is 0.0327. The fourth-order valence-electron chi connectivity index (χ4n) is 5.06. The Hall–Kier alpha value is -3.24. The van der Waals surface area contributed by atoms with E-state index in [-0.39, 0.29) is 52.2 Å². The van der Waals surface area contributed by atoms with Crippen LogP contribution in [-0.2, 0) is 38.2 Å². The summed E-state index contributed by atoms with van der Waals surface area (Å²) in [5.41, 5.74) is 11.0. The number of nitrogens with one attached hydrogen (secondary N) is 5. The third kappa shape index (κ3) is 20.1. The molecule has 2 heterocycles. The molecule has 0 aromatic carbocycles. The van der Waals surface area contributed by atoms with Gasteiger partial charge in [0.05, 0.1) is 35.2 Å². The number of nitrogens with zero attached hydrogens (tertiary/aromatic N) is 1. The lowest BCUT2D eigenvalue weighted by Crippen LogP contribution is -2.49. The van der Waals surface area contributed by atoms with Crippen LogP contribution in [0.1, 0.15) is 64.2 Å². The highest BCUT2D eigenvalue weighted by atomic mass is 33.2. The summed E-state index contributed by atoms with van der Waals surface area (Å²) in [4.78, 5) is 99.4. The van der Waals surface area contributed by atoms with E-state index in [1.165, 1.54) is 7.11 Å². The number of carbonyl (C=O) groups excluding carboxylic acids is 8. The Morgan fingerprint density at radius 3 is 1.49 bits per heavy atom. The summed E-state index contributed by atoms with van der Waals surface area (Å²) in [5, 5.41) is 13.1. The zero-order valence-corrected chi connectivity index (χ0v) is 33.3. The molecule has 0 spiro atoms. The number of hydrogen-bond donors (Lipinski definition) is 7. The second kappa shape index (κ2) is 25.7. The van der Waals surface area contributed by atoms with Gasteiger partial charge in [-0.05, 0) is 44.9 Å². The predicted octanol–water partition coefficient (Wildman–Crippen LogP) is 0.790. The smallest absolute Gasteiger partial charge is 0.407 e. The molecule has 2 aliphatic heterocycles. The summed E-state index contributed by atoms with van der Waals surface area (Å²) in [7, 11) is 8.86. The molecule has 9 N–H and O–H groups in total. The monoisotopic (exact) mass is 824 g/mol. The van der Waals surface area contributed by atoms with Gasteiger partial charge in [0.1, 0.15) is 19.1 Å². The van der Waals surface area contributed by atoms with E-state index in [4.69, 9.17) is 11.5 Å². The van der Waals surface area contributed by atoms with Gasteiger partial charge >= 0.3 is 12.2 Å². The van der Waals surface area contributed by atoms with Crippen molar-refractivity contribution in [3.05, 3.63) is 0 Å². The maximum atomic E-state index is 13.3. The Balaban J connectivity index is 1.88. The number of ether oxygens (including phenoxy) is 2. The number of methoxy groups -OCH3 is 2. The van der Waals surface area contributed by atoms with Gasteiger partial charge in [0.2, 0.25) is 35.4 Å². The average Bonchev–Trinajstić information content (AvgIpc) is 4.05. The van der Waals surface area contributed by atoms with E-state index >= 15 is 0 Å². The van der Waals surface area contributed by atoms with Crippen molar-refractivity contribution in [1.82, 2.24) is 31.5 Å². The lowest BCUT2D eigenvalue weighted by molar-refractivity contribution is -0.139. The first kappa shape index (κ1) is 45.9. The largest absolute Gasteiger partial charge is 0.453 e. The highest BCUT2D eigenvalue weighted by Gasteiger charge is 2.38. The van der Waals surface area contributed by atoms with Crippen LogP contribution < -0.4 is 38.1 Å². The molecule has 18 nitrogen and oxygen atoms in total. The molecule has 22 heteroatoms. The second-order valence-electron chi connectivity index (χ2n) is 12.2. The fourth-order valence-corrected chi connectivity index (χ4v) is 8.80. The molecule has 300 valence electrons. The molecule has 0 aliphatic carbocycles. The van der Waals surface area contributed by atoms with Crippen LogP contribution in [0.3, 0.4) is 0 Å². The summed E-state index contributed by atoms with van der Waals surface area (Å²) in [6.45, 7) is -0.0365. The van der Waals surface area contributed by atoms with Crippen molar-refractivity contribution in [1.29, 1.82) is 0 Å². The first-order chi connectivity index (χ1) is 25.4. The number of amides is 8. The molecule has 0 saturated carbocycles. The van der Waals surface area contributed by atoms with Crippen LogP contribution in [0.5, 0.6) is 0 Å². The molecule has 0 aromatic heterocycles. The Bertz CT molecular complexity index is 1210. The van der Waals surface area contributed by atoms with Gasteiger partial charge in [-0.2, -0.15) is 0 Å². The van der Waals surface area contributed by atoms with E-state index < -0.39 is 54.9 Å². The molecule has 2 aliphatic rings. The summed E-state index contributed by atoms with van der Waals surface area (Å²) >= 11 is 0. The molecular formula is C31H52N8O10S4. The molecule has 2 rings (SSSR count). The Labute approximate surface area is 325 Å². The van der Waals surface area contributed by atoms with Crippen LogP contribution in [0.4, 0.5) is 9.59 Å². The van der Waals surface area contributed by atoms with E-state index in [0.717, 1.165) is 12.0 Å². The van der Waals surface area contributed by atoms with Crippen LogP contribution in [0.25, 0.3) is 0 Å². The van der Waals surface area contributed by atoms with Crippen LogP contribution in [-0.4, -0.2) is 121 Å². The number of alkyl carbamates (subject to hydrolysis) is 2. The SMILES string of the molecule is COC(=O)NCCCC[C@H](NC(=O)OC)C(=O)NCCC(=O)N(CC(=O)NCCCCC(C(N)=O)C1SS1)CC(=O)NCCCCC(C(N)=O)C1SS1. The Morgan fingerprint density at radius 2 is 1.06 bits per heavy atom. The molecule has 2 saturated heterocycles. The topological polar surface area (TPSA) is 270 Å². The van der Waals surface area contributed by atoms with Crippen molar-refractivity contribution in [2.75, 3.05) is 53.5 Å². The van der Waals surface area contributed by atoms with E-state index in [2.05, 4.69) is 36.1 Å². The third-order valence-corrected chi connectivity index (χ3v) is 12.8. The van der Waals surface area contributed by atoms with E-state index in [1.54, 1.807) is 43.2 Å². The maximum Gasteiger partial charge on any atom is 0.407 e. The average molecular weight is 825 g/mol. The summed E-state index contributed by atoms with van der Waals surface area (Å²) in [6.07, 6.45) is 3.27. The van der Waals surface area contributed by atoms with Gasteiger partial charge in [0.25, 0.3) is 0 Å². The number of carbonyl (C=O) groups is 8. The molecule has 0 bridgehead atoms. The lowest BCUT2D eigenvalue weighted by atomic mass is 10.0. The van der Waals surface area contributed by atoms with Crippen molar-refractivity contribution in [3.8, 4) is 0 Å². The Morgan fingerprint density at radius 1 is 0.604 bits per heavy atom. The maximum absolute atomic E-state index is 13.3. The van der Waals surface area contributed by atoms with Crippen LogP contribution >= 0.6 is 43.2 Å². The number of primary amides is 2. The first-order valence-corrected chi connectivity index (χ1v) is 21.9. The molecule has 2 fully saturated rings. The van der Waals surface area contributed by atoms with Crippen molar-refractivity contribution >= 4 is 90.8 Å². The standard InChI is InChI=1S/C31H52N8O10S4/c1-48-30(46)37-15-8-5-11-21(38-31(47)49-2)27(45)36-16-12-24(42)39(17-22(40)34-13-6-3-9-19(25(32)43)28-50-51-28)18-23(41)35-14-7-4-10-20(26(33)44)29-52-53-29/h19-21,28-29H,3-18H2,1-2H3,(H2,32,43)(H2,33,44)(H,34,40)(H,35,41)(H,36,45)(H,37,46)(H,38,47)/t19?,20?,21-/m0/s1. The van der Waals surface area contributed by atoms with Crippen LogP contribution in [0.15, 0.2) is 0 Å². The third-order valence-electron chi connectivity index (χ3n) is 8.16. The number of nitrogens with two attached hydrogens (primary N) is 2. The van der Waals surface area contributed by atoms with Gasteiger partial charge in [-0.3, -0.25) is 28.8 Å². The Kier molecular flexibility index (Phi) is 22.3. The summed E-state index contributed by atoms with van der Waals surface area (Å²) in [6, 6.07) is -0.983. The van der Waals surface area contributed by atoms with Gasteiger partial charge in [-0.15, -0.1) is 0 Å². The zero-order chi connectivity index (χ0) is 39.2. The minimum Gasteiger partial charge on any atom is -0.453 e. The van der Waals surface area contributed by atoms with Gasteiger partial charge in [0.15, 0.2) is 0 Å². The number of rotatable bonds is 28. The van der Waals surface area contributed by atoms with E-state index in [9.17, 15) is 38.4 Å². The van der Waals surface area contributed by atoms with Crippen molar-refractivity contribution in [2.24, 2.45) is 23.3 Å². The lowest BCUT2D eigenvalue weighted by Gasteiger charge is -2.23. The minimum absolute atomic E-state index is 0.141.